The van der Waals surface area contributed by atoms with E-state index in [9.17, 15) is 14.4 Å². The number of allylic oxidation sites excluding steroid dienone is 4. The van der Waals surface area contributed by atoms with Crippen LogP contribution >= 0.6 is 0 Å². The lowest BCUT2D eigenvalue weighted by Crippen LogP contribution is -2.38. The number of rotatable bonds is 12. The number of ether oxygens (including phenoxy) is 2. The van der Waals surface area contributed by atoms with Crippen molar-refractivity contribution < 1.29 is 23.9 Å². The Hall–Kier alpha value is -4.15. The Bertz CT molecular complexity index is 1340. The molecule has 1 aliphatic heterocycles. The Labute approximate surface area is 266 Å². The van der Waals surface area contributed by atoms with Gasteiger partial charge in [-0.25, -0.2) is 9.59 Å². The number of carbonyl (C=O) groups excluding carboxylic acids is 3. The summed E-state index contributed by atoms with van der Waals surface area (Å²) in [5, 5.41) is 11.5. The second-order valence-corrected chi connectivity index (χ2v) is 12.6. The quantitative estimate of drug-likeness (QED) is 0.229. The molecule has 2 aromatic carbocycles. The first-order valence-corrected chi connectivity index (χ1v) is 15.8. The van der Waals surface area contributed by atoms with Crippen LogP contribution in [0.1, 0.15) is 62.4 Å². The standard InChI is InChI=1S/C35H47N5O5/c1-34(2,3)45-33(43)39-30-11-6-5-10-29(30)38-31(41)28-14-12-27(13-15-28)26-37-32(42)36-20-19-35(16-7-4-8-17-35)18-9-21-40-22-24-44-25-23-40/h4-8,10-16H,9,17-26H2,1-3H3,(H,38,41)(H,39,43)(H2,36,37,42). The number of hydrogen-bond donors (Lipinski definition) is 4. The lowest BCUT2D eigenvalue weighted by molar-refractivity contribution is 0.0360. The van der Waals surface area contributed by atoms with E-state index in [4.69, 9.17) is 9.47 Å². The number of morpholine rings is 1. The highest BCUT2D eigenvalue weighted by atomic mass is 16.6. The van der Waals surface area contributed by atoms with Gasteiger partial charge >= 0.3 is 12.1 Å². The molecule has 2 aromatic rings. The van der Waals surface area contributed by atoms with Crippen molar-refractivity contribution in [2.75, 3.05) is 50.0 Å². The van der Waals surface area contributed by atoms with Crippen molar-refractivity contribution in [3.63, 3.8) is 0 Å². The Kier molecular flexibility index (Phi) is 12.2. The highest BCUT2D eigenvalue weighted by Gasteiger charge is 2.27. The van der Waals surface area contributed by atoms with E-state index in [1.54, 1.807) is 57.2 Å². The van der Waals surface area contributed by atoms with E-state index in [1.807, 2.05) is 12.1 Å². The van der Waals surface area contributed by atoms with Crippen LogP contribution in [0.25, 0.3) is 0 Å². The zero-order valence-corrected chi connectivity index (χ0v) is 26.7. The van der Waals surface area contributed by atoms with E-state index < -0.39 is 11.7 Å². The number of nitrogens with zero attached hydrogens (tertiary/aromatic N) is 1. The molecule has 0 bridgehead atoms. The fourth-order valence-electron chi connectivity index (χ4n) is 5.44. The molecule has 10 heteroatoms. The largest absolute Gasteiger partial charge is 0.444 e. The molecule has 10 nitrogen and oxygen atoms in total. The van der Waals surface area contributed by atoms with E-state index in [0.717, 1.165) is 64.1 Å². The van der Waals surface area contributed by atoms with Crippen LogP contribution in [-0.4, -0.2) is 67.9 Å². The molecule has 0 spiro atoms. The summed E-state index contributed by atoms with van der Waals surface area (Å²) in [5.74, 6) is -0.323. The van der Waals surface area contributed by atoms with Crippen LogP contribution in [0.3, 0.4) is 0 Å². The first-order chi connectivity index (χ1) is 21.6. The SMILES string of the molecule is CC(C)(C)OC(=O)Nc1ccccc1NC(=O)c1ccc(CNC(=O)NCCC2(CCCN3CCOCC3)C=CC=CC2)cc1. The molecule has 1 fully saturated rings. The Morgan fingerprint density at radius 1 is 0.911 bits per heavy atom. The second kappa shape index (κ2) is 16.2. The summed E-state index contributed by atoms with van der Waals surface area (Å²) in [6.07, 6.45) is 12.2. The third-order valence-electron chi connectivity index (χ3n) is 7.86. The van der Waals surface area contributed by atoms with E-state index in [0.29, 0.717) is 30.0 Å². The van der Waals surface area contributed by atoms with Crippen molar-refractivity contribution in [1.82, 2.24) is 15.5 Å². The molecule has 0 radical (unpaired) electrons. The molecule has 4 amide bonds. The van der Waals surface area contributed by atoms with Crippen LogP contribution in [0, 0.1) is 5.41 Å². The normalized spacial score (nSPS) is 18.2. The van der Waals surface area contributed by atoms with Crippen LogP contribution in [0.4, 0.5) is 21.0 Å². The zero-order chi connectivity index (χ0) is 32.1. The highest BCUT2D eigenvalue weighted by Crippen LogP contribution is 2.36. The van der Waals surface area contributed by atoms with E-state index in [2.05, 4.69) is 50.5 Å². The first kappa shape index (κ1) is 33.7. The minimum absolute atomic E-state index is 0.0665. The predicted octanol–water partition coefficient (Wildman–Crippen LogP) is 6.09. The predicted molar refractivity (Wildman–Crippen MR) is 177 cm³/mol. The molecule has 1 unspecified atom stereocenters. The van der Waals surface area contributed by atoms with Gasteiger partial charge in [0.05, 0.1) is 24.6 Å². The van der Waals surface area contributed by atoms with Gasteiger partial charge in [-0.1, -0.05) is 48.6 Å². The number of hydrogen-bond acceptors (Lipinski definition) is 6. The maximum absolute atomic E-state index is 12.9. The minimum Gasteiger partial charge on any atom is -0.444 e. The van der Waals surface area contributed by atoms with Crippen LogP contribution in [0.15, 0.2) is 72.8 Å². The number of benzene rings is 2. The number of carbonyl (C=O) groups is 3. The van der Waals surface area contributed by atoms with Gasteiger partial charge in [-0.15, -0.1) is 0 Å². The maximum Gasteiger partial charge on any atom is 0.412 e. The van der Waals surface area contributed by atoms with Crippen molar-refractivity contribution in [3.05, 3.63) is 84.0 Å². The molecule has 0 saturated carbocycles. The van der Waals surface area contributed by atoms with Crippen molar-refractivity contribution in [3.8, 4) is 0 Å². The van der Waals surface area contributed by atoms with Crippen LogP contribution < -0.4 is 21.3 Å². The molecule has 1 aliphatic carbocycles. The van der Waals surface area contributed by atoms with Gasteiger partial charge in [0.1, 0.15) is 5.60 Å². The molecule has 1 saturated heterocycles. The number of nitrogens with one attached hydrogen (secondary N) is 4. The molecule has 0 aromatic heterocycles. The lowest BCUT2D eigenvalue weighted by atomic mass is 9.75. The maximum atomic E-state index is 12.9. The highest BCUT2D eigenvalue weighted by molar-refractivity contribution is 6.06. The summed E-state index contributed by atoms with van der Waals surface area (Å²) in [6.45, 7) is 11.0. The molecule has 242 valence electrons. The Balaban J connectivity index is 1.20. The summed E-state index contributed by atoms with van der Waals surface area (Å²) < 4.78 is 10.8. The third-order valence-corrected chi connectivity index (χ3v) is 7.86. The second-order valence-electron chi connectivity index (χ2n) is 12.6. The Morgan fingerprint density at radius 2 is 1.62 bits per heavy atom. The summed E-state index contributed by atoms with van der Waals surface area (Å²) in [7, 11) is 0. The molecule has 1 atom stereocenters. The molecule has 2 aliphatic rings. The number of urea groups is 1. The van der Waals surface area contributed by atoms with Gasteiger partial charge in [0.2, 0.25) is 0 Å². The summed E-state index contributed by atoms with van der Waals surface area (Å²) in [4.78, 5) is 40.2. The summed E-state index contributed by atoms with van der Waals surface area (Å²) in [6, 6.07) is 13.7. The van der Waals surface area contributed by atoms with Gasteiger partial charge in [-0.2, -0.15) is 0 Å². The number of anilines is 2. The first-order valence-electron chi connectivity index (χ1n) is 15.8. The van der Waals surface area contributed by atoms with Gasteiger partial charge in [0, 0.05) is 31.7 Å². The van der Waals surface area contributed by atoms with Crippen molar-refractivity contribution in [2.45, 2.75) is 58.6 Å². The van der Waals surface area contributed by atoms with Gasteiger partial charge in [-0.3, -0.25) is 15.0 Å². The lowest BCUT2D eigenvalue weighted by Gasteiger charge is -2.33. The van der Waals surface area contributed by atoms with Crippen LogP contribution in [0.5, 0.6) is 0 Å². The van der Waals surface area contributed by atoms with Crippen LogP contribution in [0.2, 0.25) is 0 Å². The molecule has 1 heterocycles. The summed E-state index contributed by atoms with van der Waals surface area (Å²) >= 11 is 0. The minimum atomic E-state index is -0.643. The van der Waals surface area contributed by atoms with Crippen molar-refractivity contribution in [2.24, 2.45) is 5.41 Å². The average Bonchev–Trinajstić information content (AvgIpc) is 3.01. The zero-order valence-electron chi connectivity index (χ0n) is 26.7. The van der Waals surface area contributed by atoms with E-state index in [1.165, 1.54) is 0 Å². The molecule has 4 rings (SSSR count). The van der Waals surface area contributed by atoms with Gasteiger partial charge in [-0.05, 0) is 88.2 Å². The van der Waals surface area contributed by atoms with E-state index >= 15 is 0 Å². The third kappa shape index (κ3) is 11.4. The molecular weight excluding hydrogens is 570 g/mol. The van der Waals surface area contributed by atoms with Gasteiger partial charge in [0.15, 0.2) is 0 Å². The molecular formula is C35H47N5O5. The fourth-order valence-corrected chi connectivity index (χ4v) is 5.44. The van der Waals surface area contributed by atoms with Crippen molar-refractivity contribution >= 4 is 29.4 Å². The number of para-hydroxylation sites is 2. The van der Waals surface area contributed by atoms with Gasteiger partial charge < -0.3 is 25.4 Å². The monoisotopic (exact) mass is 617 g/mol. The van der Waals surface area contributed by atoms with Crippen molar-refractivity contribution in [1.29, 1.82) is 0 Å². The van der Waals surface area contributed by atoms with Crippen LogP contribution in [-0.2, 0) is 16.0 Å². The topological polar surface area (TPSA) is 121 Å². The fraction of sp³-hybridized carbons (Fsp3) is 0.457. The molecule has 4 N–H and O–H groups in total. The Morgan fingerprint density at radius 3 is 2.29 bits per heavy atom. The van der Waals surface area contributed by atoms with E-state index in [-0.39, 0.29) is 17.4 Å². The average molecular weight is 618 g/mol. The smallest absolute Gasteiger partial charge is 0.412 e. The number of amides is 4. The summed E-state index contributed by atoms with van der Waals surface area (Å²) in [5.41, 5.74) is 1.63. The van der Waals surface area contributed by atoms with Gasteiger partial charge in [0.25, 0.3) is 5.91 Å². The molecule has 45 heavy (non-hydrogen) atoms.